The number of rotatable bonds is 2. The molecule has 18 heavy (non-hydrogen) atoms. The van der Waals surface area contributed by atoms with E-state index in [9.17, 15) is 19.8 Å². The quantitative estimate of drug-likeness (QED) is 0.515. The van der Waals surface area contributed by atoms with Crippen LogP contribution in [0, 0.1) is 0 Å². The lowest BCUT2D eigenvalue weighted by Gasteiger charge is -2.36. The number of urea groups is 1. The van der Waals surface area contributed by atoms with Crippen molar-refractivity contribution in [3.05, 3.63) is 0 Å². The molecule has 2 aliphatic rings. The Labute approximate surface area is 103 Å². The van der Waals surface area contributed by atoms with Crippen LogP contribution in [-0.2, 0) is 9.53 Å². The summed E-state index contributed by atoms with van der Waals surface area (Å²) in [5, 5.41) is 28.4. The van der Waals surface area contributed by atoms with Crippen LogP contribution in [0.25, 0.3) is 0 Å². The van der Waals surface area contributed by atoms with Crippen LogP contribution in [0.4, 0.5) is 4.79 Å². The molecule has 102 valence electrons. The van der Waals surface area contributed by atoms with Gasteiger partial charge in [-0.3, -0.25) is 14.6 Å². The zero-order chi connectivity index (χ0) is 13.4. The number of aliphatic hydroxyl groups is 3. The average molecular weight is 260 g/mol. The fraction of sp³-hybridized carbons (Fsp3) is 0.800. The van der Waals surface area contributed by atoms with Crippen LogP contribution >= 0.6 is 0 Å². The Bertz CT molecular complexity index is 362. The smallest absolute Gasteiger partial charge is 0.328 e. The fourth-order valence-corrected chi connectivity index (χ4v) is 2.15. The van der Waals surface area contributed by atoms with Gasteiger partial charge in [0.2, 0.25) is 5.91 Å². The summed E-state index contributed by atoms with van der Waals surface area (Å²) >= 11 is 0. The Morgan fingerprint density at radius 2 is 2.00 bits per heavy atom. The maximum atomic E-state index is 11.9. The summed E-state index contributed by atoms with van der Waals surface area (Å²) in [5.41, 5.74) is 0. The highest BCUT2D eigenvalue weighted by atomic mass is 16.6. The number of hydrogen-bond donors (Lipinski definition) is 3. The third kappa shape index (κ3) is 1.97. The molecule has 2 saturated heterocycles. The van der Waals surface area contributed by atoms with E-state index < -0.39 is 37.2 Å². The molecule has 0 aromatic heterocycles. The Kier molecular flexibility index (Phi) is 3.53. The maximum absolute atomic E-state index is 11.9. The molecule has 8 nitrogen and oxygen atoms in total. The van der Waals surface area contributed by atoms with E-state index in [0.29, 0.717) is 0 Å². The molecule has 3 amide bonds. The zero-order valence-electron chi connectivity index (χ0n) is 9.89. The third-order valence-electron chi connectivity index (χ3n) is 3.30. The van der Waals surface area contributed by atoms with Crippen LogP contribution < -0.4 is 0 Å². The standard InChI is InChI=1S/C10H16N2O6/c1-11-6(14)2-3-12(10(11)17)9-8(16)7(15)5(4-13)18-9/h5,7-9,13,15-16H,2-4H2,1H3/t5-,7-,8-,9-/m1/s1. The summed E-state index contributed by atoms with van der Waals surface area (Å²) in [7, 11) is 1.35. The molecule has 0 bridgehead atoms. The molecule has 0 aromatic rings. The van der Waals surface area contributed by atoms with Gasteiger partial charge in [-0.05, 0) is 0 Å². The summed E-state index contributed by atoms with van der Waals surface area (Å²) in [5.74, 6) is -0.303. The molecular weight excluding hydrogens is 244 g/mol. The minimum Gasteiger partial charge on any atom is -0.394 e. The molecule has 2 rings (SSSR count). The second-order valence-electron chi connectivity index (χ2n) is 4.41. The van der Waals surface area contributed by atoms with E-state index in [1.165, 1.54) is 11.9 Å². The van der Waals surface area contributed by atoms with Crippen molar-refractivity contribution in [2.24, 2.45) is 0 Å². The zero-order valence-corrected chi connectivity index (χ0v) is 9.89. The Morgan fingerprint density at radius 3 is 2.56 bits per heavy atom. The van der Waals surface area contributed by atoms with E-state index in [1.807, 2.05) is 0 Å². The van der Waals surface area contributed by atoms with Gasteiger partial charge in [-0.2, -0.15) is 0 Å². The first kappa shape index (κ1) is 13.2. The van der Waals surface area contributed by atoms with Gasteiger partial charge in [0.1, 0.15) is 18.3 Å². The SMILES string of the molecule is CN1C(=O)CCN([C@@H]2O[C@H](CO)[C@@H](O)[C@H]2O)C1=O. The largest absolute Gasteiger partial charge is 0.394 e. The average Bonchev–Trinajstić information content (AvgIpc) is 2.64. The molecule has 2 aliphatic heterocycles. The lowest BCUT2D eigenvalue weighted by molar-refractivity contribution is -0.135. The number of carbonyl (C=O) groups excluding carboxylic acids is 2. The first-order valence-corrected chi connectivity index (χ1v) is 5.67. The number of hydrogen-bond acceptors (Lipinski definition) is 6. The number of imide groups is 1. The molecule has 0 aromatic carbocycles. The van der Waals surface area contributed by atoms with Crippen molar-refractivity contribution in [2.75, 3.05) is 20.2 Å². The predicted molar refractivity (Wildman–Crippen MR) is 57.2 cm³/mol. The van der Waals surface area contributed by atoms with Gasteiger partial charge >= 0.3 is 6.03 Å². The van der Waals surface area contributed by atoms with E-state index in [2.05, 4.69) is 0 Å². The van der Waals surface area contributed by atoms with Crippen molar-refractivity contribution >= 4 is 11.9 Å². The van der Waals surface area contributed by atoms with Gasteiger partial charge < -0.3 is 20.1 Å². The second kappa shape index (κ2) is 4.81. The number of nitrogens with zero attached hydrogens (tertiary/aromatic N) is 2. The maximum Gasteiger partial charge on any atom is 0.328 e. The predicted octanol–water partition coefficient (Wildman–Crippen LogP) is -2.29. The Hall–Kier alpha value is -1.22. The molecule has 0 radical (unpaired) electrons. The summed E-state index contributed by atoms with van der Waals surface area (Å²) in [6.07, 6.45) is -4.39. The molecule has 0 saturated carbocycles. The van der Waals surface area contributed by atoms with Crippen LogP contribution in [0.3, 0.4) is 0 Å². The van der Waals surface area contributed by atoms with Crippen LogP contribution in [0.2, 0.25) is 0 Å². The van der Waals surface area contributed by atoms with Crippen LogP contribution in [0.1, 0.15) is 6.42 Å². The van der Waals surface area contributed by atoms with Crippen molar-refractivity contribution < 1.29 is 29.6 Å². The summed E-state index contributed by atoms with van der Waals surface area (Å²) in [4.78, 5) is 25.3. The highest BCUT2D eigenvalue weighted by Gasteiger charge is 2.48. The highest BCUT2D eigenvalue weighted by molar-refractivity contribution is 5.96. The van der Waals surface area contributed by atoms with Crippen LogP contribution in [-0.4, -0.2) is 81.8 Å². The van der Waals surface area contributed by atoms with Gasteiger partial charge in [0, 0.05) is 20.0 Å². The van der Waals surface area contributed by atoms with Crippen molar-refractivity contribution in [3.8, 4) is 0 Å². The van der Waals surface area contributed by atoms with Crippen LogP contribution in [0.5, 0.6) is 0 Å². The first-order valence-electron chi connectivity index (χ1n) is 5.67. The van der Waals surface area contributed by atoms with Gasteiger partial charge in [0.25, 0.3) is 0 Å². The molecule has 2 heterocycles. The molecule has 0 unspecified atom stereocenters. The molecule has 3 N–H and O–H groups in total. The molecule has 0 spiro atoms. The second-order valence-corrected chi connectivity index (χ2v) is 4.41. The first-order chi connectivity index (χ1) is 8.47. The molecule has 0 aliphatic carbocycles. The fourth-order valence-electron chi connectivity index (χ4n) is 2.15. The monoisotopic (exact) mass is 260 g/mol. The van der Waals surface area contributed by atoms with Crippen LogP contribution in [0.15, 0.2) is 0 Å². The molecule has 2 fully saturated rings. The minimum absolute atomic E-state index is 0.120. The molecular formula is C10H16N2O6. The summed E-state index contributed by atoms with van der Waals surface area (Å²) in [6.45, 7) is -0.333. The summed E-state index contributed by atoms with van der Waals surface area (Å²) in [6, 6.07) is -0.582. The Balaban J connectivity index is 2.13. The van der Waals surface area contributed by atoms with Crippen molar-refractivity contribution in [3.63, 3.8) is 0 Å². The van der Waals surface area contributed by atoms with E-state index in [1.54, 1.807) is 0 Å². The number of carbonyl (C=O) groups is 2. The minimum atomic E-state index is -1.30. The number of amides is 3. The van der Waals surface area contributed by atoms with Gasteiger partial charge in [-0.25, -0.2) is 4.79 Å². The molecule has 4 atom stereocenters. The van der Waals surface area contributed by atoms with Crippen molar-refractivity contribution in [1.82, 2.24) is 9.80 Å². The van der Waals surface area contributed by atoms with Gasteiger partial charge in [0.05, 0.1) is 6.61 Å². The van der Waals surface area contributed by atoms with E-state index >= 15 is 0 Å². The van der Waals surface area contributed by atoms with Gasteiger partial charge in [-0.15, -0.1) is 0 Å². The van der Waals surface area contributed by atoms with E-state index in [4.69, 9.17) is 9.84 Å². The molecule has 8 heteroatoms. The van der Waals surface area contributed by atoms with E-state index in [0.717, 1.165) is 4.90 Å². The van der Waals surface area contributed by atoms with Gasteiger partial charge in [0.15, 0.2) is 6.23 Å². The lowest BCUT2D eigenvalue weighted by Crippen LogP contribution is -2.57. The lowest BCUT2D eigenvalue weighted by atomic mass is 10.1. The van der Waals surface area contributed by atoms with Gasteiger partial charge in [-0.1, -0.05) is 0 Å². The number of ether oxygens (including phenoxy) is 1. The normalized spacial score (nSPS) is 37.6. The number of aliphatic hydroxyl groups excluding tert-OH is 3. The summed E-state index contributed by atoms with van der Waals surface area (Å²) < 4.78 is 5.25. The van der Waals surface area contributed by atoms with Crippen molar-refractivity contribution in [2.45, 2.75) is 31.0 Å². The topological polar surface area (TPSA) is 111 Å². The third-order valence-corrected chi connectivity index (χ3v) is 3.30. The van der Waals surface area contributed by atoms with E-state index in [-0.39, 0.29) is 18.9 Å². The Morgan fingerprint density at radius 1 is 1.33 bits per heavy atom. The highest BCUT2D eigenvalue weighted by Crippen LogP contribution is 2.26. The van der Waals surface area contributed by atoms with Crippen molar-refractivity contribution in [1.29, 1.82) is 0 Å².